The molecule has 0 aromatic heterocycles. The molecule has 7 heteroatoms. The van der Waals surface area contributed by atoms with Gasteiger partial charge in [-0.2, -0.15) is 0 Å². The number of oxime groups is 1. The lowest BCUT2D eigenvalue weighted by Crippen LogP contribution is -2.24. The first-order valence-corrected chi connectivity index (χ1v) is 6.20. The van der Waals surface area contributed by atoms with Crippen LogP contribution in [0, 0.1) is 0 Å². The van der Waals surface area contributed by atoms with Gasteiger partial charge in [0, 0.05) is 19.0 Å². The molecule has 0 heterocycles. The molecule has 1 aromatic rings. The van der Waals surface area contributed by atoms with Crippen LogP contribution in [0.3, 0.4) is 0 Å². The van der Waals surface area contributed by atoms with E-state index in [0.717, 1.165) is 0 Å². The molecule has 5 N–H and O–H groups in total. The number of phenolic OH excluding ortho intramolecular Hbond substituents is 1. The lowest BCUT2D eigenvalue weighted by atomic mass is 10.1. The predicted molar refractivity (Wildman–Crippen MR) is 74.3 cm³/mol. The Morgan fingerprint density at radius 2 is 2.20 bits per heavy atom. The number of methoxy groups -OCH3 is 1. The van der Waals surface area contributed by atoms with E-state index in [2.05, 4.69) is 10.5 Å². The van der Waals surface area contributed by atoms with E-state index in [1.54, 1.807) is 6.07 Å². The normalized spacial score (nSPS) is 11.2. The molecule has 0 fully saturated rings. The summed E-state index contributed by atoms with van der Waals surface area (Å²) in [6.07, 6.45) is 1.86. The second-order valence-electron chi connectivity index (χ2n) is 4.19. The van der Waals surface area contributed by atoms with Crippen molar-refractivity contribution in [1.82, 2.24) is 5.32 Å². The van der Waals surface area contributed by atoms with Gasteiger partial charge >= 0.3 is 0 Å². The minimum absolute atomic E-state index is 0.126. The minimum Gasteiger partial charge on any atom is -0.507 e. The van der Waals surface area contributed by atoms with Gasteiger partial charge in [0.25, 0.3) is 5.91 Å². The van der Waals surface area contributed by atoms with Gasteiger partial charge in [0.2, 0.25) is 0 Å². The fraction of sp³-hybridized carbons (Fsp3) is 0.385. The largest absolute Gasteiger partial charge is 0.507 e. The van der Waals surface area contributed by atoms with E-state index in [9.17, 15) is 9.90 Å². The number of phenols is 1. The molecule has 0 saturated heterocycles. The number of unbranched alkanes of at least 4 members (excludes halogenated alkanes) is 1. The fourth-order valence-electron chi connectivity index (χ4n) is 1.61. The molecule has 0 aliphatic rings. The molecule has 20 heavy (non-hydrogen) atoms. The van der Waals surface area contributed by atoms with Crippen LogP contribution in [0.2, 0.25) is 0 Å². The number of amidine groups is 1. The molecule has 0 saturated carbocycles. The van der Waals surface area contributed by atoms with Crippen molar-refractivity contribution in [3.63, 3.8) is 0 Å². The van der Waals surface area contributed by atoms with Crippen LogP contribution in [0.5, 0.6) is 11.5 Å². The van der Waals surface area contributed by atoms with Crippen molar-refractivity contribution in [2.45, 2.75) is 19.3 Å². The summed E-state index contributed by atoms with van der Waals surface area (Å²) >= 11 is 0. The van der Waals surface area contributed by atoms with Crippen molar-refractivity contribution in [2.75, 3.05) is 13.7 Å². The summed E-state index contributed by atoms with van der Waals surface area (Å²) < 4.78 is 4.94. The van der Waals surface area contributed by atoms with Gasteiger partial charge in [-0.15, -0.1) is 0 Å². The quantitative estimate of drug-likeness (QED) is 0.196. The zero-order valence-corrected chi connectivity index (χ0v) is 11.3. The number of hydrogen-bond acceptors (Lipinski definition) is 5. The molecule has 1 rings (SSSR count). The molecule has 1 aromatic carbocycles. The average Bonchev–Trinajstić information content (AvgIpc) is 2.46. The topological polar surface area (TPSA) is 117 Å². The lowest BCUT2D eigenvalue weighted by Gasteiger charge is -2.08. The number of amides is 1. The average molecular weight is 281 g/mol. The third-order valence-corrected chi connectivity index (χ3v) is 2.72. The SMILES string of the molecule is COc1ccc(C(=O)NCCCCC(N)=NO)c(O)c1. The second kappa shape index (κ2) is 7.88. The van der Waals surface area contributed by atoms with Crippen LogP contribution in [-0.4, -0.2) is 35.7 Å². The van der Waals surface area contributed by atoms with E-state index in [4.69, 9.17) is 15.7 Å². The first-order valence-electron chi connectivity index (χ1n) is 6.20. The van der Waals surface area contributed by atoms with Crippen LogP contribution in [-0.2, 0) is 0 Å². The van der Waals surface area contributed by atoms with Crippen LogP contribution in [0.15, 0.2) is 23.4 Å². The smallest absolute Gasteiger partial charge is 0.255 e. The Bertz CT molecular complexity index is 489. The van der Waals surface area contributed by atoms with Crippen LogP contribution < -0.4 is 15.8 Å². The molecule has 0 bridgehead atoms. The number of nitrogens with two attached hydrogens (primary N) is 1. The van der Waals surface area contributed by atoms with Gasteiger partial charge in [-0.05, 0) is 25.0 Å². The molecule has 0 aliphatic heterocycles. The molecule has 0 unspecified atom stereocenters. The molecule has 7 nitrogen and oxygen atoms in total. The zero-order valence-electron chi connectivity index (χ0n) is 11.3. The number of nitrogens with zero attached hydrogens (tertiary/aromatic N) is 1. The van der Waals surface area contributed by atoms with E-state index in [1.165, 1.54) is 19.2 Å². The number of benzene rings is 1. The van der Waals surface area contributed by atoms with E-state index >= 15 is 0 Å². The summed E-state index contributed by atoms with van der Waals surface area (Å²) in [6.45, 7) is 0.447. The number of carbonyl (C=O) groups excluding carboxylic acids is 1. The van der Waals surface area contributed by atoms with E-state index in [0.29, 0.717) is 31.6 Å². The maximum atomic E-state index is 11.8. The summed E-state index contributed by atoms with van der Waals surface area (Å²) in [5, 5.41) is 23.6. The molecule has 0 radical (unpaired) electrons. The highest BCUT2D eigenvalue weighted by Gasteiger charge is 2.11. The molecular weight excluding hydrogens is 262 g/mol. The van der Waals surface area contributed by atoms with Crippen molar-refractivity contribution < 1.29 is 19.8 Å². The van der Waals surface area contributed by atoms with Crippen molar-refractivity contribution in [3.05, 3.63) is 23.8 Å². The minimum atomic E-state index is -0.353. The summed E-state index contributed by atoms with van der Waals surface area (Å²) in [5.41, 5.74) is 5.52. The molecule has 0 spiro atoms. The molecule has 1 amide bonds. The predicted octanol–water partition coefficient (Wildman–Crippen LogP) is 1.05. The number of rotatable bonds is 7. The van der Waals surface area contributed by atoms with Gasteiger partial charge in [0.05, 0.1) is 12.7 Å². The Balaban J connectivity index is 2.40. The van der Waals surface area contributed by atoms with Crippen molar-refractivity contribution >= 4 is 11.7 Å². The molecular formula is C13H19N3O4. The van der Waals surface area contributed by atoms with E-state index < -0.39 is 0 Å². The molecule has 110 valence electrons. The standard InChI is InChI=1S/C13H19N3O4/c1-20-9-5-6-10(11(17)8-9)13(18)15-7-3-2-4-12(14)16-19/h5-6,8,17,19H,2-4,7H2,1H3,(H2,14,16)(H,15,18). The fourth-order valence-corrected chi connectivity index (χ4v) is 1.61. The Morgan fingerprint density at radius 3 is 2.80 bits per heavy atom. The second-order valence-corrected chi connectivity index (χ2v) is 4.19. The Morgan fingerprint density at radius 1 is 1.45 bits per heavy atom. The molecule has 0 aliphatic carbocycles. The van der Waals surface area contributed by atoms with Crippen molar-refractivity contribution in [1.29, 1.82) is 0 Å². The Labute approximate surface area is 117 Å². The Kier molecular flexibility index (Phi) is 6.15. The number of ether oxygens (including phenoxy) is 1. The number of carbonyl (C=O) groups is 1. The van der Waals surface area contributed by atoms with Crippen molar-refractivity contribution in [2.24, 2.45) is 10.9 Å². The third kappa shape index (κ3) is 4.68. The number of nitrogens with one attached hydrogen (secondary N) is 1. The number of aromatic hydroxyl groups is 1. The van der Waals surface area contributed by atoms with E-state index in [-0.39, 0.29) is 23.1 Å². The number of hydrogen-bond donors (Lipinski definition) is 4. The summed E-state index contributed by atoms with van der Waals surface area (Å²) in [5.74, 6) is 0.175. The van der Waals surface area contributed by atoms with Gasteiger partial charge in [-0.3, -0.25) is 4.79 Å². The van der Waals surface area contributed by atoms with Gasteiger partial charge in [-0.25, -0.2) is 0 Å². The maximum Gasteiger partial charge on any atom is 0.255 e. The van der Waals surface area contributed by atoms with Gasteiger partial charge in [-0.1, -0.05) is 5.16 Å². The van der Waals surface area contributed by atoms with E-state index in [1.807, 2.05) is 0 Å². The monoisotopic (exact) mass is 281 g/mol. The Hall–Kier alpha value is -2.44. The highest BCUT2D eigenvalue weighted by atomic mass is 16.5. The van der Waals surface area contributed by atoms with Gasteiger partial charge in [0.1, 0.15) is 17.3 Å². The summed E-state index contributed by atoms with van der Waals surface area (Å²) in [4.78, 5) is 11.8. The van der Waals surface area contributed by atoms with Crippen LogP contribution in [0.25, 0.3) is 0 Å². The first-order chi connectivity index (χ1) is 9.58. The van der Waals surface area contributed by atoms with Crippen LogP contribution in [0.1, 0.15) is 29.6 Å². The van der Waals surface area contributed by atoms with Crippen molar-refractivity contribution in [3.8, 4) is 11.5 Å². The summed E-state index contributed by atoms with van der Waals surface area (Å²) in [7, 11) is 1.48. The van der Waals surface area contributed by atoms with Crippen LogP contribution in [0.4, 0.5) is 0 Å². The highest BCUT2D eigenvalue weighted by Crippen LogP contribution is 2.23. The summed E-state index contributed by atoms with van der Waals surface area (Å²) in [6, 6.07) is 4.49. The first kappa shape index (κ1) is 15.6. The van der Waals surface area contributed by atoms with Gasteiger partial charge in [0.15, 0.2) is 0 Å². The van der Waals surface area contributed by atoms with Crippen LogP contribution >= 0.6 is 0 Å². The zero-order chi connectivity index (χ0) is 15.0. The van der Waals surface area contributed by atoms with Gasteiger partial charge < -0.3 is 26.1 Å². The maximum absolute atomic E-state index is 11.8. The highest BCUT2D eigenvalue weighted by molar-refractivity contribution is 5.96. The molecule has 0 atom stereocenters. The lowest BCUT2D eigenvalue weighted by molar-refractivity contribution is 0.0950. The third-order valence-electron chi connectivity index (χ3n) is 2.72.